The van der Waals surface area contributed by atoms with Gasteiger partial charge >= 0.3 is 6.18 Å². The highest BCUT2D eigenvalue weighted by molar-refractivity contribution is 4.94. The second-order valence-electron chi connectivity index (χ2n) is 4.73. The van der Waals surface area contributed by atoms with Crippen LogP contribution in [0.15, 0.2) is 0 Å². The Hall–Kier alpha value is -0.250. The van der Waals surface area contributed by atoms with E-state index in [1.54, 1.807) is 0 Å². The van der Waals surface area contributed by atoms with Crippen molar-refractivity contribution in [2.45, 2.75) is 50.9 Å². The van der Waals surface area contributed by atoms with E-state index in [9.17, 15) is 13.2 Å². The molecule has 0 aromatic heterocycles. The van der Waals surface area contributed by atoms with Crippen molar-refractivity contribution in [1.29, 1.82) is 0 Å². The molecule has 2 atom stereocenters. The summed E-state index contributed by atoms with van der Waals surface area (Å²) in [6.45, 7) is 2.15. The van der Waals surface area contributed by atoms with Crippen molar-refractivity contribution < 1.29 is 13.2 Å². The van der Waals surface area contributed by atoms with E-state index in [-0.39, 0.29) is 18.9 Å². The molecule has 2 fully saturated rings. The minimum absolute atomic E-state index is 0.120. The fraction of sp³-hybridized carbons (Fsp3) is 1.00. The van der Waals surface area contributed by atoms with Gasteiger partial charge in [-0.3, -0.25) is 0 Å². The minimum Gasteiger partial charge on any atom is -0.311 e. The molecule has 4 heteroatoms. The van der Waals surface area contributed by atoms with Gasteiger partial charge in [0.2, 0.25) is 0 Å². The molecule has 0 aliphatic heterocycles. The SMILES string of the molecule is CC1CCC1NC1CC(C(F)(F)F)C1. The summed E-state index contributed by atoms with van der Waals surface area (Å²) in [7, 11) is 0. The van der Waals surface area contributed by atoms with Crippen LogP contribution in [-0.4, -0.2) is 18.3 Å². The quantitative estimate of drug-likeness (QED) is 0.734. The highest BCUT2D eigenvalue weighted by Gasteiger charge is 2.48. The first-order valence-electron chi connectivity index (χ1n) is 5.29. The van der Waals surface area contributed by atoms with Gasteiger partial charge in [-0.1, -0.05) is 6.92 Å². The molecule has 2 rings (SSSR count). The van der Waals surface area contributed by atoms with Gasteiger partial charge in [0.15, 0.2) is 0 Å². The van der Waals surface area contributed by atoms with Gasteiger partial charge in [0.05, 0.1) is 5.92 Å². The van der Waals surface area contributed by atoms with Crippen molar-refractivity contribution in [2.75, 3.05) is 0 Å². The number of rotatable bonds is 2. The van der Waals surface area contributed by atoms with E-state index in [1.165, 1.54) is 6.42 Å². The lowest BCUT2D eigenvalue weighted by Gasteiger charge is -2.44. The van der Waals surface area contributed by atoms with E-state index < -0.39 is 12.1 Å². The van der Waals surface area contributed by atoms with Gasteiger partial charge in [-0.25, -0.2) is 0 Å². The number of halogens is 3. The van der Waals surface area contributed by atoms with E-state index in [1.807, 2.05) is 0 Å². The molecule has 82 valence electrons. The van der Waals surface area contributed by atoms with Crippen LogP contribution in [0.4, 0.5) is 13.2 Å². The standard InChI is InChI=1S/C10H16F3N/c1-6-2-3-9(6)14-8-4-7(5-8)10(11,12)13/h6-9,14H,2-5H2,1H3. The van der Waals surface area contributed by atoms with E-state index in [4.69, 9.17) is 0 Å². The Kier molecular flexibility index (Phi) is 2.50. The first-order chi connectivity index (χ1) is 6.47. The van der Waals surface area contributed by atoms with Gasteiger partial charge < -0.3 is 5.32 Å². The molecule has 0 heterocycles. The van der Waals surface area contributed by atoms with Crippen molar-refractivity contribution >= 4 is 0 Å². The average molecular weight is 207 g/mol. The van der Waals surface area contributed by atoms with Crippen LogP contribution in [0.1, 0.15) is 32.6 Å². The predicted molar refractivity (Wildman–Crippen MR) is 47.9 cm³/mol. The number of hydrogen-bond donors (Lipinski definition) is 1. The van der Waals surface area contributed by atoms with Gasteiger partial charge in [-0.05, 0) is 31.6 Å². The molecule has 0 aromatic rings. The zero-order valence-electron chi connectivity index (χ0n) is 8.27. The first kappa shape index (κ1) is 10.3. The highest BCUT2D eigenvalue weighted by Crippen LogP contribution is 2.42. The van der Waals surface area contributed by atoms with Crippen molar-refractivity contribution in [3.05, 3.63) is 0 Å². The third kappa shape index (κ3) is 1.90. The van der Waals surface area contributed by atoms with Crippen LogP contribution in [0.25, 0.3) is 0 Å². The highest BCUT2D eigenvalue weighted by atomic mass is 19.4. The summed E-state index contributed by atoms with van der Waals surface area (Å²) >= 11 is 0. The summed E-state index contributed by atoms with van der Waals surface area (Å²) in [5, 5.41) is 3.30. The Morgan fingerprint density at radius 3 is 2.14 bits per heavy atom. The number of alkyl halides is 3. The third-order valence-corrected chi connectivity index (χ3v) is 3.67. The molecule has 1 nitrogen and oxygen atoms in total. The topological polar surface area (TPSA) is 12.0 Å². The minimum atomic E-state index is -3.97. The monoisotopic (exact) mass is 207 g/mol. The molecular weight excluding hydrogens is 191 g/mol. The van der Waals surface area contributed by atoms with Crippen LogP contribution >= 0.6 is 0 Å². The van der Waals surface area contributed by atoms with Crippen LogP contribution in [0.5, 0.6) is 0 Å². The summed E-state index contributed by atoms with van der Waals surface area (Å²) in [5.74, 6) is -0.393. The Morgan fingerprint density at radius 2 is 1.79 bits per heavy atom. The molecule has 1 N–H and O–H groups in total. The van der Waals surface area contributed by atoms with E-state index in [0.717, 1.165) is 6.42 Å². The third-order valence-electron chi connectivity index (χ3n) is 3.67. The molecular formula is C10H16F3N. The molecule has 0 amide bonds. The van der Waals surface area contributed by atoms with Gasteiger partial charge in [0, 0.05) is 12.1 Å². The fourth-order valence-electron chi connectivity index (χ4n) is 2.24. The van der Waals surface area contributed by atoms with Crippen LogP contribution in [0.2, 0.25) is 0 Å². The molecule has 2 aliphatic rings. The number of nitrogens with one attached hydrogen (secondary N) is 1. The van der Waals surface area contributed by atoms with Gasteiger partial charge in [0.1, 0.15) is 0 Å². The predicted octanol–water partition coefficient (Wildman–Crippen LogP) is 2.72. The number of hydrogen-bond acceptors (Lipinski definition) is 1. The van der Waals surface area contributed by atoms with Crippen LogP contribution in [0, 0.1) is 11.8 Å². The molecule has 2 saturated carbocycles. The largest absolute Gasteiger partial charge is 0.391 e. The molecule has 2 unspecified atom stereocenters. The summed E-state index contributed by atoms with van der Waals surface area (Å²) < 4.78 is 36.5. The molecule has 0 aromatic carbocycles. The fourth-order valence-corrected chi connectivity index (χ4v) is 2.24. The molecule has 0 spiro atoms. The van der Waals surface area contributed by atoms with E-state index in [0.29, 0.717) is 12.0 Å². The van der Waals surface area contributed by atoms with E-state index in [2.05, 4.69) is 12.2 Å². The maximum absolute atomic E-state index is 12.2. The molecule has 2 aliphatic carbocycles. The maximum atomic E-state index is 12.2. The molecule has 0 bridgehead atoms. The van der Waals surface area contributed by atoms with Crippen molar-refractivity contribution in [2.24, 2.45) is 11.8 Å². The smallest absolute Gasteiger partial charge is 0.311 e. The second kappa shape index (κ2) is 3.40. The summed E-state index contributed by atoms with van der Waals surface area (Å²) in [4.78, 5) is 0. The average Bonchev–Trinajstić information content (AvgIpc) is 1.96. The zero-order chi connectivity index (χ0) is 10.3. The second-order valence-corrected chi connectivity index (χ2v) is 4.73. The molecule has 0 radical (unpaired) electrons. The van der Waals surface area contributed by atoms with Crippen LogP contribution in [0.3, 0.4) is 0 Å². The molecule has 14 heavy (non-hydrogen) atoms. The maximum Gasteiger partial charge on any atom is 0.391 e. The van der Waals surface area contributed by atoms with Crippen LogP contribution < -0.4 is 5.32 Å². The van der Waals surface area contributed by atoms with Crippen molar-refractivity contribution in [1.82, 2.24) is 5.32 Å². The van der Waals surface area contributed by atoms with Gasteiger partial charge in [-0.2, -0.15) is 13.2 Å². The summed E-state index contributed by atoms with van der Waals surface area (Å²) in [6, 6.07) is 0.601. The van der Waals surface area contributed by atoms with Crippen molar-refractivity contribution in [3.63, 3.8) is 0 Å². The lowest BCUT2D eigenvalue weighted by molar-refractivity contribution is -0.200. The Bertz CT molecular complexity index is 208. The van der Waals surface area contributed by atoms with Crippen LogP contribution in [-0.2, 0) is 0 Å². The van der Waals surface area contributed by atoms with Gasteiger partial charge in [-0.15, -0.1) is 0 Å². The normalized spacial score (nSPS) is 42.9. The Balaban J connectivity index is 1.68. The first-order valence-corrected chi connectivity index (χ1v) is 5.29. The molecule has 0 saturated heterocycles. The van der Waals surface area contributed by atoms with Gasteiger partial charge in [0.25, 0.3) is 0 Å². The lowest BCUT2D eigenvalue weighted by atomic mass is 9.75. The Labute approximate surface area is 82.1 Å². The summed E-state index contributed by atoms with van der Waals surface area (Å²) in [6.07, 6.45) is -1.05. The lowest BCUT2D eigenvalue weighted by Crippen LogP contribution is -2.54. The Morgan fingerprint density at radius 1 is 1.14 bits per heavy atom. The zero-order valence-corrected chi connectivity index (χ0v) is 8.27. The summed E-state index contributed by atoms with van der Waals surface area (Å²) in [5.41, 5.74) is 0. The van der Waals surface area contributed by atoms with Crippen molar-refractivity contribution in [3.8, 4) is 0 Å². The van der Waals surface area contributed by atoms with E-state index >= 15 is 0 Å².